The van der Waals surface area contributed by atoms with E-state index in [-0.39, 0.29) is 24.1 Å². The maximum Gasteiger partial charge on any atom is 0.260 e. The van der Waals surface area contributed by atoms with E-state index in [1.54, 1.807) is 40.3 Å². The molecule has 2 amide bonds. The van der Waals surface area contributed by atoms with Gasteiger partial charge in [-0.1, -0.05) is 30.3 Å². The van der Waals surface area contributed by atoms with Gasteiger partial charge in [0.2, 0.25) is 5.91 Å². The highest BCUT2D eigenvalue weighted by atomic mass is 19.1. The summed E-state index contributed by atoms with van der Waals surface area (Å²) < 4.78 is 14.1. The molecule has 1 saturated heterocycles. The lowest BCUT2D eigenvalue weighted by atomic mass is 10.1. The third kappa shape index (κ3) is 3.60. The number of amides is 2. The molecule has 0 spiro atoms. The predicted molar refractivity (Wildman–Crippen MR) is 120 cm³/mol. The van der Waals surface area contributed by atoms with E-state index >= 15 is 0 Å². The molecule has 3 heterocycles. The van der Waals surface area contributed by atoms with E-state index in [1.165, 1.54) is 6.07 Å². The summed E-state index contributed by atoms with van der Waals surface area (Å²) in [4.78, 5) is 36.2. The van der Waals surface area contributed by atoms with Gasteiger partial charge in [-0.15, -0.1) is 0 Å². The van der Waals surface area contributed by atoms with Gasteiger partial charge in [-0.3, -0.25) is 19.5 Å². The molecule has 0 unspecified atom stereocenters. The Kier molecular flexibility index (Phi) is 5.31. The summed E-state index contributed by atoms with van der Waals surface area (Å²) in [7, 11) is 0. The molecule has 2 aliphatic rings. The average molecular weight is 430 g/mol. The number of hydrogen-bond donors (Lipinski definition) is 0. The SMILES string of the molecule is O=C(C[C@H]1c2ncccc2C(=O)N1c1ccccc1)N1CCN(c2ccccc2F)CC1. The molecule has 0 N–H and O–H groups in total. The van der Waals surface area contributed by atoms with Crippen molar-refractivity contribution in [2.75, 3.05) is 36.0 Å². The quantitative estimate of drug-likeness (QED) is 0.634. The van der Waals surface area contributed by atoms with Crippen LogP contribution in [0.25, 0.3) is 0 Å². The Morgan fingerprint density at radius 3 is 2.41 bits per heavy atom. The van der Waals surface area contributed by atoms with Crippen molar-refractivity contribution < 1.29 is 14.0 Å². The van der Waals surface area contributed by atoms with E-state index in [0.717, 1.165) is 5.69 Å². The lowest BCUT2D eigenvalue weighted by molar-refractivity contribution is -0.131. The van der Waals surface area contributed by atoms with Crippen molar-refractivity contribution in [3.05, 3.63) is 90.0 Å². The Morgan fingerprint density at radius 1 is 0.938 bits per heavy atom. The number of anilines is 2. The van der Waals surface area contributed by atoms with E-state index in [2.05, 4.69) is 4.98 Å². The Morgan fingerprint density at radius 2 is 1.66 bits per heavy atom. The van der Waals surface area contributed by atoms with Gasteiger partial charge in [0.05, 0.1) is 29.4 Å². The summed E-state index contributed by atoms with van der Waals surface area (Å²) in [5, 5.41) is 0. The van der Waals surface area contributed by atoms with E-state index in [4.69, 9.17) is 0 Å². The second kappa shape index (κ2) is 8.42. The number of carbonyl (C=O) groups excluding carboxylic acids is 2. The fraction of sp³-hybridized carbons (Fsp3) is 0.240. The maximum atomic E-state index is 14.1. The highest BCUT2D eigenvalue weighted by molar-refractivity contribution is 6.11. The van der Waals surface area contributed by atoms with Gasteiger partial charge in [0.25, 0.3) is 5.91 Å². The Bertz CT molecular complexity index is 1150. The van der Waals surface area contributed by atoms with Crippen LogP contribution in [0, 0.1) is 5.82 Å². The molecule has 0 bridgehead atoms. The highest BCUT2D eigenvalue weighted by Gasteiger charge is 2.40. The van der Waals surface area contributed by atoms with Gasteiger partial charge in [0.1, 0.15) is 5.82 Å². The summed E-state index contributed by atoms with van der Waals surface area (Å²) >= 11 is 0. The monoisotopic (exact) mass is 430 g/mol. The number of benzene rings is 2. The molecule has 5 rings (SSSR count). The average Bonchev–Trinajstić information content (AvgIpc) is 3.11. The lowest BCUT2D eigenvalue weighted by Crippen LogP contribution is -2.49. The third-order valence-corrected chi connectivity index (χ3v) is 6.14. The van der Waals surface area contributed by atoms with Crippen molar-refractivity contribution in [3.63, 3.8) is 0 Å². The standard InChI is InChI=1S/C25H23FN4O2/c26-20-10-4-5-11-21(20)28-13-15-29(16-14-28)23(31)17-22-24-19(9-6-12-27-24)25(32)30(22)18-7-2-1-3-8-18/h1-12,22H,13-17H2/t22-/m0/s1. The second-order valence-corrected chi connectivity index (χ2v) is 7.99. The predicted octanol–water partition coefficient (Wildman–Crippen LogP) is 3.66. The first-order chi connectivity index (χ1) is 15.6. The number of para-hydroxylation sites is 2. The molecule has 0 saturated carbocycles. The molecule has 1 aromatic heterocycles. The summed E-state index contributed by atoms with van der Waals surface area (Å²) in [6.07, 6.45) is 1.82. The second-order valence-electron chi connectivity index (χ2n) is 7.99. The lowest BCUT2D eigenvalue weighted by Gasteiger charge is -2.37. The molecule has 0 radical (unpaired) electrons. The number of pyridine rings is 1. The number of hydrogen-bond acceptors (Lipinski definition) is 4. The molecule has 2 aliphatic heterocycles. The van der Waals surface area contributed by atoms with Crippen LogP contribution in [-0.4, -0.2) is 47.9 Å². The summed E-state index contributed by atoms with van der Waals surface area (Å²) in [5.41, 5.74) is 2.49. The van der Waals surface area contributed by atoms with Crippen LogP contribution in [0.1, 0.15) is 28.5 Å². The molecule has 1 fully saturated rings. The van der Waals surface area contributed by atoms with Gasteiger partial charge in [0.15, 0.2) is 0 Å². The molecule has 162 valence electrons. The number of halogens is 1. The van der Waals surface area contributed by atoms with Crippen LogP contribution in [0.2, 0.25) is 0 Å². The minimum absolute atomic E-state index is 0.0320. The van der Waals surface area contributed by atoms with Crippen molar-refractivity contribution >= 4 is 23.2 Å². The van der Waals surface area contributed by atoms with Crippen LogP contribution >= 0.6 is 0 Å². The normalized spacial score (nSPS) is 18.1. The minimum atomic E-state index is -0.446. The Hall–Kier alpha value is -3.74. The van der Waals surface area contributed by atoms with Gasteiger partial charge in [-0.25, -0.2) is 4.39 Å². The Labute approximate surface area is 185 Å². The molecule has 3 aromatic rings. The first-order valence-corrected chi connectivity index (χ1v) is 10.7. The molecule has 7 heteroatoms. The fourth-order valence-corrected chi connectivity index (χ4v) is 4.53. The summed E-state index contributed by atoms with van der Waals surface area (Å²) in [6, 6.07) is 19.1. The molecule has 0 aliphatic carbocycles. The zero-order valence-electron chi connectivity index (χ0n) is 17.5. The largest absolute Gasteiger partial charge is 0.366 e. The summed E-state index contributed by atoms with van der Waals surface area (Å²) in [5.74, 6) is -0.421. The number of rotatable bonds is 4. The number of fused-ring (bicyclic) bond motifs is 1. The minimum Gasteiger partial charge on any atom is -0.366 e. The van der Waals surface area contributed by atoms with Crippen LogP contribution < -0.4 is 9.80 Å². The molecule has 32 heavy (non-hydrogen) atoms. The first-order valence-electron chi connectivity index (χ1n) is 10.7. The maximum absolute atomic E-state index is 14.1. The molecule has 2 aromatic carbocycles. The van der Waals surface area contributed by atoms with Gasteiger partial charge < -0.3 is 9.80 Å². The van der Waals surface area contributed by atoms with Crippen molar-refractivity contribution in [3.8, 4) is 0 Å². The zero-order chi connectivity index (χ0) is 22.1. The van der Waals surface area contributed by atoms with Crippen LogP contribution in [0.15, 0.2) is 72.9 Å². The summed E-state index contributed by atoms with van der Waals surface area (Å²) in [6.45, 7) is 2.14. The van der Waals surface area contributed by atoms with Gasteiger partial charge in [-0.05, 0) is 36.4 Å². The van der Waals surface area contributed by atoms with Gasteiger partial charge in [-0.2, -0.15) is 0 Å². The molecule has 6 nitrogen and oxygen atoms in total. The number of carbonyl (C=O) groups is 2. The Balaban J connectivity index is 1.33. The van der Waals surface area contributed by atoms with Crippen molar-refractivity contribution in [2.24, 2.45) is 0 Å². The topological polar surface area (TPSA) is 56.8 Å². The van der Waals surface area contributed by atoms with Crippen molar-refractivity contribution in [2.45, 2.75) is 12.5 Å². The zero-order valence-corrected chi connectivity index (χ0v) is 17.5. The van der Waals surface area contributed by atoms with Crippen molar-refractivity contribution in [1.29, 1.82) is 0 Å². The van der Waals surface area contributed by atoms with E-state index in [1.807, 2.05) is 41.3 Å². The molecular formula is C25H23FN4O2. The highest BCUT2D eigenvalue weighted by Crippen LogP contribution is 2.38. The van der Waals surface area contributed by atoms with E-state index < -0.39 is 6.04 Å². The van der Waals surface area contributed by atoms with Crippen LogP contribution in [0.5, 0.6) is 0 Å². The van der Waals surface area contributed by atoms with Gasteiger partial charge >= 0.3 is 0 Å². The van der Waals surface area contributed by atoms with Crippen LogP contribution in [0.3, 0.4) is 0 Å². The smallest absolute Gasteiger partial charge is 0.260 e. The third-order valence-electron chi connectivity index (χ3n) is 6.14. The molecular weight excluding hydrogens is 407 g/mol. The molecule has 1 atom stereocenters. The number of aromatic nitrogens is 1. The van der Waals surface area contributed by atoms with E-state index in [9.17, 15) is 14.0 Å². The van der Waals surface area contributed by atoms with E-state index in [0.29, 0.717) is 43.1 Å². The number of nitrogens with zero attached hydrogens (tertiary/aromatic N) is 4. The van der Waals surface area contributed by atoms with Gasteiger partial charge in [0, 0.05) is 38.1 Å². The first kappa shape index (κ1) is 20.2. The fourth-order valence-electron chi connectivity index (χ4n) is 4.53. The van der Waals surface area contributed by atoms with Crippen LogP contribution in [0.4, 0.5) is 15.8 Å². The number of piperazine rings is 1. The van der Waals surface area contributed by atoms with Crippen molar-refractivity contribution in [1.82, 2.24) is 9.88 Å². The van der Waals surface area contributed by atoms with Crippen LogP contribution in [-0.2, 0) is 4.79 Å².